The molecule has 138 valence electrons. The number of carbonyl (C=O) groups is 2. The second-order valence-electron chi connectivity index (χ2n) is 6.64. The van der Waals surface area contributed by atoms with Crippen LogP contribution in [0, 0.1) is 19.8 Å². The minimum atomic E-state index is -0.785. The Balaban J connectivity index is 1.66. The predicted molar refractivity (Wildman–Crippen MR) is 105 cm³/mol. The van der Waals surface area contributed by atoms with E-state index in [1.165, 1.54) is 11.3 Å². The Morgan fingerprint density at radius 2 is 2.00 bits per heavy atom. The van der Waals surface area contributed by atoms with Gasteiger partial charge in [-0.05, 0) is 38.2 Å². The van der Waals surface area contributed by atoms with Crippen LogP contribution in [0.15, 0.2) is 30.3 Å². The van der Waals surface area contributed by atoms with Crippen molar-refractivity contribution in [2.45, 2.75) is 32.1 Å². The molecule has 1 heterocycles. The van der Waals surface area contributed by atoms with Crippen molar-refractivity contribution in [2.75, 3.05) is 18.4 Å². The van der Waals surface area contributed by atoms with Gasteiger partial charge in [-0.2, -0.15) is 0 Å². The number of benzene rings is 1. The van der Waals surface area contributed by atoms with Crippen LogP contribution in [0.25, 0.3) is 0 Å². The van der Waals surface area contributed by atoms with Gasteiger partial charge in [0, 0.05) is 11.4 Å². The Hall–Kier alpha value is -1.92. The zero-order valence-corrected chi connectivity index (χ0v) is 16.4. The van der Waals surface area contributed by atoms with Crippen LogP contribution in [0.5, 0.6) is 0 Å². The Bertz CT molecular complexity index is 770. The van der Waals surface area contributed by atoms with Crippen molar-refractivity contribution in [3.63, 3.8) is 0 Å². The first-order valence-electron chi connectivity index (χ1n) is 8.65. The number of hydrogen-bond acceptors (Lipinski definition) is 4. The van der Waals surface area contributed by atoms with Crippen molar-refractivity contribution in [1.82, 2.24) is 9.88 Å². The van der Waals surface area contributed by atoms with Gasteiger partial charge < -0.3 is 10.2 Å². The number of hydrogen-bond donors (Lipinski definition) is 1. The van der Waals surface area contributed by atoms with Crippen LogP contribution < -0.4 is 5.32 Å². The van der Waals surface area contributed by atoms with Gasteiger partial charge in [0.2, 0.25) is 11.8 Å². The summed E-state index contributed by atoms with van der Waals surface area (Å²) in [6.45, 7) is 4.42. The molecule has 1 saturated carbocycles. The van der Waals surface area contributed by atoms with Crippen LogP contribution in [-0.2, 0) is 9.59 Å². The molecule has 2 amide bonds. The number of nitrogens with one attached hydrogen (secondary N) is 1. The molecule has 1 N–H and O–H groups in total. The van der Waals surface area contributed by atoms with Gasteiger partial charge >= 0.3 is 0 Å². The molecule has 1 aromatic heterocycles. The van der Waals surface area contributed by atoms with Crippen molar-refractivity contribution >= 4 is 39.9 Å². The summed E-state index contributed by atoms with van der Waals surface area (Å²) in [6, 6.07) is 9.23. The molecular weight excluding hydrogens is 370 g/mol. The van der Waals surface area contributed by atoms with Gasteiger partial charge in [0.15, 0.2) is 5.13 Å². The number of carbonyl (C=O) groups excluding carboxylic acids is 2. The number of aromatic nitrogens is 1. The molecule has 1 fully saturated rings. The average molecular weight is 392 g/mol. The molecular formula is C19H22ClN3O2S. The third-order valence-electron chi connectivity index (χ3n) is 4.41. The van der Waals surface area contributed by atoms with E-state index in [2.05, 4.69) is 10.3 Å². The number of aryl methyl sites for hydroxylation is 2. The largest absolute Gasteiger partial charge is 0.332 e. The molecule has 3 rings (SSSR count). The molecule has 0 radical (unpaired) electrons. The van der Waals surface area contributed by atoms with E-state index in [0.29, 0.717) is 17.6 Å². The number of alkyl halides is 1. The van der Waals surface area contributed by atoms with E-state index >= 15 is 0 Å². The van der Waals surface area contributed by atoms with E-state index in [1.807, 2.05) is 44.2 Å². The van der Waals surface area contributed by atoms with Crippen molar-refractivity contribution in [3.05, 3.63) is 46.5 Å². The summed E-state index contributed by atoms with van der Waals surface area (Å²) in [6.07, 6.45) is 2.18. The molecule has 5 nitrogen and oxygen atoms in total. The lowest BCUT2D eigenvalue weighted by Crippen LogP contribution is -2.41. The van der Waals surface area contributed by atoms with Crippen LogP contribution >= 0.6 is 22.9 Å². The minimum absolute atomic E-state index is 0.0109. The number of rotatable bonds is 7. The van der Waals surface area contributed by atoms with Crippen molar-refractivity contribution in [3.8, 4) is 0 Å². The maximum Gasteiger partial charge on any atom is 0.245 e. The topological polar surface area (TPSA) is 62.3 Å². The first kappa shape index (κ1) is 18.9. The average Bonchev–Trinajstić information content (AvgIpc) is 3.38. The molecule has 0 bridgehead atoms. The SMILES string of the molecule is Cc1nc(NC(=O)CN(CC2CC2)C(=O)C(Cl)c2ccccc2)sc1C. The molecule has 2 aromatic rings. The number of halogens is 1. The molecule has 1 atom stereocenters. The van der Waals surface area contributed by atoms with Gasteiger partial charge in [-0.15, -0.1) is 22.9 Å². The van der Waals surface area contributed by atoms with E-state index < -0.39 is 5.38 Å². The summed E-state index contributed by atoms with van der Waals surface area (Å²) in [5, 5.41) is 2.57. The maximum absolute atomic E-state index is 12.9. The highest BCUT2D eigenvalue weighted by Crippen LogP contribution is 2.31. The van der Waals surface area contributed by atoms with Crippen molar-refractivity contribution in [1.29, 1.82) is 0 Å². The predicted octanol–water partition coefficient (Wildman–Crippen LogP) is 3.92. The second-order valence-corrected chi connectivity index (χ2v) is 8.28. The van der Waals surface area contributed by atoms with E-state index in [1.54, 1.807) is 4.90 Å². The van der Waals surface area contributed by atoms with Gasteiger partial charge in [0.05, 0.1) is 12.2 Å². The lowest BCUT2D eigenvalue weighted by atomic mass is 10.1. The summed E-state index contributed by atoms with van der Waals surface area (Å²) in [5.74, 6) is -0.00756. The quantitative estimate of drug-likeness (QED) is 0.727. The van der Waals surface area contributed by atoms with Crippen molar-refractivity contribution in [2.24, 2.45) is 5.92 Å². The summed E-state index contributed by atoms with van der Waals surface area (Å²) >= 11 is 7.82. The highest BCUT2D eigenvalue weighted by Gasteiger charge is 2.31. The van der Waals surface area contributed by atoms with E-state index in [0.717, 1.165) is 29.0 Å². The van der Waals surface area contributed by atoms with E-state index in [9.17, 15) is 9.59 Å². The van der Waals surface area contributed by atoms with Crippen LogP contribution in [0.2, 0.25) is 0 Å². The molecule has 0 aliphatic heterocycles. The zero-order chi connectivity index (χ0) is 18.7. The highest BCUT2D eigenvalue weighted by molar-refractivity contribution is 7.15. The first-order chi connectivity index (χ1) is 12.4. The third-order valence-corrected chi connectivity index (χ3v) is 5.83. The summed E-state index contributed by atoms with van der Waals surface area (Å²) in [4.78, 5) is 32.2. The lowest BCUT2D eigenvalue weighted by Gasteiger charge is -2.24. The fourth-order valence-corrected chi connectivity index (χ4v) is 3.74. The molecule has 0 spiro atoms. The van der Waals surface area contributed by atoms with Gasteiger partial charge in [-0.1, -0.05) is 30.3 Å². The summed E-state index contributed by atoms with van der Waals surface area (Å²) in [5.41, 5.74) is 1.65. The third kappa shape index (κ3) is 4.83. The van der Waals surface area contributed by atoms with Crippen LogP contribution in [0.1, 0.15) is 34.4 Å². The smallest absolute Gasteiger partial charge is 0.245 e. The van der Waals surface area contributed by atoms with Gasteiger partial charge in [0.1, 0.15) is 5.38 Å². The number of anilines is 1. The minimum Gasteiger partial charge on any atom is -0.332 e. The fourth-order valence-electron chi connectivity index (χ4n) is 2.63. The van der Waals surface area contributed by atoms with Crippen molar-refractivity contribution < 1.29 is 9.59 Å². The molecule has 1 unspecified atom stereocenters. The van der Waals surface area contributed by atoms with Gasteiger partial charge in [0.25, 0.3) is 0 Å². The molecule has 1 aliphatic carbocycles. The number of thiazole rings is 1. The van der Waals surface area contributed by atoms with Gasteiger partial charge in [-0.3, -0.25) is 9.59 Å². The van der Waals surface area contributed by atoms with E-state index in [-0.39, 0.29) is 18.4 Å². The number of amides is 2. The molecule has 1 aliphatic rings. The lowest BCUT2D eigenvalue weighted by molar-refractivity contribution is -0.134. The first-order valence-corrected chi connectivity index (χ1v) is 9.91. The number of nitrogens with zero attached hydrogens (tertiary/aromatic N) is 2. The monoisotopic (exact) mass is 391 g/mol. The van der Waals surface area contributed by atoms with Crippen LogP contribution in [-0.4, -0.2) is 34.8 Å². The van der Waals surface area contributed by atoms with Gasteiger partial charge in [-0.25, -0.2) is 4.98 Å². The molecule has 7 heteroatoms. The maximum atomic E-state index is 12.9. The molecule has 0 saturated heterocycles. The molecule has 26 heavy (non-hydrogen) atoms. The summed E-state index contributed by atoms with van der Waals surface area (Å²) < 4.78 is 0. The highest BCUT2D eigenvalue weighted by atomic mass is 35.5. The Labute approximate surface area is 162 Å². The standard InChI is InChI=1S/C19H22ClN3O2S/c1-12-13(2)26-19(21-12)22-16(24)11-23(10-14-8-9-14)18(25)17(20)15-6-4-3-5-7-15/h3-7,14,17H,8-11H2,1-2H3,(H,21,22,24). The summed E-state index contributed by atoms with van der Waals surface area (Å²) in [7, 11) is 0. The normalized spacial score (nSPS) is 14.7. The van der Waals surface area contributed by atoms with Crippen LogP contribution in [0.4, 0.5) is 5.13 Å². The zero-order valence-electron chi connectivity index (χ0n) is 14.9. The Morgan fingerprint density at radius 3 is 2.58 bits per heavy atom. The molecule has 1 aromatic carbocycles. The second kappa shape index (κ2) is 8.18. The van der Waals surface area contributed by atoms with Crippen LogP contribution in [0.3, 0.4) is 0 Å². The Kier molecular flexibility index (Phi) is 5.94. The fraction of sp³-hybridized carbons (Fsp3) is 0.421. The Morgan fingerprint density at radius 1 is 1.31 bits per heavy atom. The van der Waals surface area contributed by atoms with E-state index in [4.69, 9.17) is 11.6 Å².